The number of hydrogen-bond donors (Lipinski definition) is 0. The van der Waals surface area contributed by atoms with E-state index in [0.29, 0.717) is 0 Å². The van der Waals surface area contributed by atoms with Crippen molar-refractivity contribution in [1.82, 2.24) is 0 Å². The van der Waals surface area contributed by atoms with Crippen molar-refractivity contribution in [1.29, 1.82) is 0 Å². The maximum absolute atomic E-state index is 5.61. The van der Waals surface area contributed by atoms with E-state index in [1.165, 1.54) is 0 Å². The third-order valence-corrected chi connectivity index (χ3v) is 3.01. The standard InChI is InChI=1S/C17H24O2/c1-8-16(4,5)18-19-17(6,7)15-11-9-10-14(12-15)13(2)3/h8-12H,1-2H2,3-7H3. The molecule has 0 atom stereocenters. The fraction of sp³-hybridized carbons (Fsp3) is 0.412. The maximum atomic E-state index is 5.61. The number of rotatable bonds is 6. The molecule has 0 N–H and O–H groups in total. The van der Waals surface area contributed by atoms with Crippen LogP contribution in [0.1, 0.15) is 45.7 Å². The summed E-state index contributed by atoms with van der Waals surface area (Å²) in [6, 6.07) is 8.14. The van der Waals surface area contributed by atoms with Gasteiger partial charge < -0.3 is 0 Å². The summed E-state index contributed by atoms with van der Waals surface area (Å²) in [5.74, 6) is 0. The van der Waals surface area contributed by atoms with Crippen LogP contribution in [0.15, 0.2) is 43.5 Å². The Morgan fingerprint density at radius 1 is 1.16 bits per heavy atom. The Hall–Kier alpha value is -1.38. The van der Waals surface area contributed by atoms with Crippen molar-refractivity contribution >= 4 is 5.57 Å². The van der Waals surface area contributed by atoms with Gasteiger partial charge >= 0.3 is 0 Å². The van der Waals surface area contributed by atoms with E-state index < -0.39 is 11.2 Å². The van der Waals surface area contributed by atoms with Gasteiger partial charge in [-0.3, -0.25) is 0 Å². The van der Waals surface area contributed by atoms with Crippen LogP contribution in [0.3, 0.4) is 0 Å². The summed E-state index contributed by atoms with van der Waals surface area (Å²) in [4.78, 5) is 11.1. The van der Waals surface area contributed by atoms with Gasteiger partial charge in [0.2, 0.25) is 0 Å². The highest BCUT2D eigenvalue weighted by Gasteiger charge is 2.26. The molecule has 0 radical (unpaired) electrons. The van der Waals surface area contributed by atoms with Gasteiger partial charge in [0, 0.05) is 0 Å². The molecule has 0 amide bonds. The van der Waals surface area contributed by atoms with Crippen molar-refractivity contribution in [2.75, 3.05) is 0 Å². The molecule has 1 aromatic rings. The second-order valence-corrected chi connectivity index (χ2v) is 5.85. The molecule has 1 rings (SSSR count). The van der Waals surface area contributed by atoms with E-state index in [2.05, 4.69) is 19.2 Å². The lowest BCUT2D eigenvalue weighted by Crippen LogP contribution is -2.29. The SMILES string of the molecule is C=CC(C)(C)OOC(C)(C)c1cccc(C(=C)C)c1. The molecule has 0 aromatic heterocycles. The second-order valence-electron chi connectivity index (χ2n) is 5.85. The van der Waals surface area contributed by atoms with Crippen LogP contribution < -0.4 is 0 Å². The molecule has 0 heterocycles. The number of benzene rings is 1. The lowest BCUT2D eigenvalue weighted by atomic mass is 9.95. The van der Waals surface area contributed by atoms with E-state index in [9.17, 15) is 0 Å². The predicted molar refractivity (Wildman–Crippen MR) is 80.6 cm³/mol. The van der Waals surface area contributed by atoms with Gasteiger partial charge in [-0.15, -0.1) is 6.58 Å². The fourth-order valence-corrected chi connectivity index (χ4v) is 1.45. The molecule has 0 saturated heterocycles. The average molecular weight is 260 g/mol. The van der Waals surface area contributed by atoms with Gasteiger partial charge in [-0.2, -0.15) is 0 Å². The summed E-state index contributed by atoms with van der Waals surface area (Å²) in [5, 5.41) is 0. The van der Waals surface area contributed by atoms with Gasteiger partial charge in [-0.25, -0.2) is 9.78 Å². The Balaban J connectivity index is 2.90. The third-order valence-electron chi connectivity index (χ3n) is 3.01. The summed E-state index contributed by atoms with van der Waals surface area (Å²) >= 11 is 0. The third kappa shape index (κ3) is 4.34. The minimum atomic E-state index is -0.536. The molecule has 2 nitrogen and oxygen atoms in total. The van der Waals surface area contributed by atoms with Gasteiger partial charge in [0.05, 0.1) is 0 Å². The van der Waals surface area contributed by atoms with Crippen molar-refractivity contribution < 1.29 is 9.78 Å². The van der Waals surface area contributed by atoms with Gasteiger partial charge in [0.1, 0.15) is 11.2 Å². The van der Waals surface area contributed by atoms with E-state index in [1.807, 2.05) is 52.8 Å². The molecule has 19 heavy (non-hydrogen) atoms. The van der Waals surface area contributed by atoms with Crippen LogP contribution in [-0.4, -0.2) is 5.60 Å². The largest absolute Gasteiger partial charge is 0.226 e. The number of hydrogen-bond acceptors (Lipinski definition) is 2. The highest BCUT2D eigenvalue weighted by atomic mass is 17.2. The molecule has 0 fully saturated rings. The molecule has 0 unspecified atom stereocenters. The molecule has 0 aliphatic heterocycles. The lowest BCUT2D eigenvalue weighted by molar-refractivity contribution is -0.395. The predicted octanol–water partition coefficient (Wildman–Crippen LogP) is 4.87. The summed E-state index contributed by atoms with van der Waals surface area (Å²) in [6.07, 6.45) is 1.72. The summed E-state index contributed by atoms with van der Waals surface area (Å²) < 4.78 is 0. The van der Waals surface area contributed by atoms with Crippen LogP contribution >= 0.6 is 0 Å². The monoisotopic (exact) mass is 260 g/mol. The van der Waals surface area contributed by atoms with Crippen LogP contribution in [0.25, 0.3) is 5.57 Å². The van der Waals surface area contributed by atoms with Crippen LogP contribution in [0.5, 0.6) is 0 Å². The molecule has 2 heteroatoms. The molecule has 0 aliphatic carbocycles. The first-order valence-corrected chi connectivity index (χ1v) is 6.45. The quantitative estimate of drug-likeness (QED) is 0.413. The zero-order valence-electron chi connectivity index (χ0n) is 12.6. The second kappa shape index (κ2) is 5.72. The zero-order valence-corrected chi connectivity index (χ0v) is 12.6. The van der Waals surface area contributed by atoms with Crippen LogP contribution in [0.4, 0.5) is 0 Å². The first-order valence-electron chi connectivity index (χ1n) is 6.45. The molecule has 104 valence electrons. The lowest BCUT2D eigenvalue weighted by Gasteiger charge is -2.29. The summed E-state index contributed by atoms with van der Waals surface area (Å²) in [6.45, 7) is 17.4. The minimum Gasteiger partial charge on any atom is -0.226 e. The highest BCUT2D eigenvalue weighted by Crippen LogP contribution is 2.29. The minimum absolute atomic E-state index is 0.511. The molecule has 0 bridgehead atoms. The van der Waals surface area contributed by atoms with Crippen molar-refractivity contribution in [3.8, 4) is 0 Å². The topological polar surface area (TPSA) is 18.5 Å². The Labute approximate surface area is 116 Å². The van der Waals surface area contributed by atoms with Crippen molar-refractivity contribution in [3.05, 3.63) is 54.6 Å². The van der Waals surface area contributed by atoms with Gasteiger partial charge in [0.25, 0.3) is 0 Å². The van der Waals surface area contributed by atoms with E-state index in [1.54, 1.807) is 6.08 Å². The highest BCUT2D eigenvalue weighted by molar-refractivity contribution is 5.62. The molecule has 0 spiro atoms. The van der Waals surface area contributed by atoms with Crippen LogP contribution in [0, 0.1) is 0 Å². The molecule has 1 aromatic carbocycles. The van der Waals surface area contributed by atoms with Gasteiger partial charge in [0.15, 0.2) is 0 Å². The van der Waals surface area contributed by atoms with E-state index in [-0.39, 0.29) is 0 Å². The van der Waals surface area contributed by atoms with Crippen molar-refractivity contribution in [3.63, 3.8) is 0 Å². The Kier molecular flexibility index (Phi) is 4.72. The smallest absolute Gasteiger partial charge is 0.123 e. The number of allylic oxidation sites excluding steroid dienone is 1. The molecule has 0 saturated carbocycles. The normalized spacial score (nSPS) is 12.3. The fourth-order valence-electron chi connectivity index (χ4n) is 1.45. The zero-order chi connectivity index (χ0) is 14.7. The average Bonchev–Trinajstić information content (AvgIpc) is 2.37. The van der Waals surface area contributed by atoms with E-state index in [4.69, 9.17) is 9.78 Å². The molecular weight excluding hydrogens is 236 g/mol. The Morgan fingerprint density at radius 2 is 1.79 bits per heavy atom. The van der Waals surface area contributed by atoms with E-state index >= 15 is 0 Å². The van der Waals surface area contributed by atoms with Crippen LogP contribution in [-0.2, 0) is 15.4 Å². The van der Waals surface area contributed by atoms with Crippen molar-refractivity contribution in [2.45, 2.75) is 45.8 Å². The Morgan fingerprint density at radius 3 is 2.32 bits per heavy atom. The molecular formula is C17H24O2. The summed E-state index contributed by atoms with van der Waals surface area (Å²) in [5.41, 5.74) is 2.14. The van der Waals surface area contributed by atoms with Gasteiger partial charge in [-0.05, 0) is 51.8 Å². The van der Waals surface area contributed by atoms with Gasteiger partial charge in [-0.1, -0.05) is 36.4 Å². The first kappa shape index (κ1) is 15.7. The van der Waals surface area contributed by atoms with E-state index in [0.717, 1.165) is 16.7 Å². The maximum Gasteiger partial charge on any atom is 0.123 e. The summed E-state index contributed by atoms with van der Waals surface area (Å²) in [7, 11) is 0. The Bertz CT molecular complexity index is 470. The van der Waals surface area contributed by atoms with Crippen molar-refractivity contribution in [2.24, 2.45) is 0 Å². The van der Waals surface area contributed by atoms with Crippen LogP contribution in [0.2, 0.25) is 0 Å². The first-order chi connectivity index (χ1) is 8.68. The molecule has 0 aliphatic rings.